The Labute approximate surface area is 153 Å². The summed E-state index contributed by atoms with van der Waals surface area (Å²) in [4.78, 5) is 31.6. The maximum absolute atomic E-state index is 12.9. The number of hydrogen-bond acceptors (Lipinski definition) is 4. The number of hydrazone groups is 1. The zero-order valence-corrected chi connectivity index (χ0v) is 14.7. The zero-order chi connectivity index (χ0) is 17.7. The normalized spacial score (nSPS) is 20.1. The fourth-order valence-electron chi connectivity index (χ4n) is 3.75. The van der Waals surface area contributed by atoms with Gasteiger partial charge in [-0.15, -0.1) is 11.3 Å². The lowest BCUT2D eigenvalue weighted by molar-refractivity contribution is -0.157. The van der Waals surface area contributed by atoms with Crippen molar-refractivity contribution in [2.75, 3.05) is 6.54 Å². The summed E-state index contributed by atoms with van der Waals surface area (Å²) >= 11 is 1.54. The molecule has 1 N–H and O–H groups in total. The van der Waals surface area contributed by atoms with Gasteiger partial charge in [-0.2, -0.15) is 5.10 Å². The van der Waals surface area contributed by atoms with Crippen molar-refractivity contribution in [3.63, 3.8) is 0 Å². The minimum absolute atomic E-state index is 0.00717. The second-order valence-electron chi connectivity index (χ2n) is 6.53. The number of carbonyl (C=O) groups is 2. The smallest absolute Gasteiger partial charge is 0.266 e. The predicted octanol–water partition coefficient (Wildman–Crippen LogP) is 2.36. The molecule has 0 bridgehead atoms. The number of piperazine rings is 1. The number of para-hydroxylation sites is 1. The molecule has 2 aromatic heterocycles. The molecule has 130 valence electrons. The van der Waals surface area contributed by atoms with Gasteiger partial charge in [-0.1, -0.05) is 24.3 Å². The molecule has 3 aromatic rings. The number of rotatable bonds is 2. The van der Waals surface area contributed by atoms with Crippen LogP contribution in [0.3, 0.4) is 0 Å². The van der Waals surface area contributed by atoms with Crippen LogP contribution in [-0.4, -0.2) is 45.5 Å². The molecule has 7 heteroatoms. The van der Waals surface area contributed by atoms with Crippen molar-refractivity contribution < 1.29 is 9.59 Å². The largest absolute Gasteiger partial charge is 0.357 e. The van der Waals surface area contributed by atoms with Gasteiger partial charge in [0.25, 0.3) is 5.91 Å². The first-order valence-electron chi connectivity index (χ1n) is 8.47. The number of thiophene rings is 1. The Morgan fingerprint density at radius 2 is 2.04 bits per heavy atom. The number of nitrogens with one attached hydrogen (secondary N) is 1. The van der Waals surface area contributed by atoms with Crippen LogP contribution in [0.25, 0.3) is 10.9 Å². The van der Waals surface area contributed by atoms with Crippen molar-refractivity contribution in [3.8, 4) is 0 Å². The third-order valence-corrected chi connectivity index (χ3v) is 5.82. The Kier molecular flexibility index (Phi) is 3.43. The molecule has 4 heterocycles. The highest BCUT2D eigenvalue weighted by atomic mass is 32.1. The van der Waals surface area contributed by atoms with Crippen molar-refractivity contribution in [2.24, 2.45) is 5.10 Å². The van der Waals surface area contributed by atoms with E-state index in [1.807, 2.05) is 35.7 Å². The SMILES string of the molecule is O=C1[C@H]2Cc3c([nH]c4ccccc34)CN2C(=O)CN1/N=C\c1cccs1. The van der Waals surface area contributed by atoms with Gasteiger partial charge >= 0.3 is 0 Å². The van der Waals surface area contributed by atoms with E-state index in [0.29, 0.717) is 13.0 Å². The number of benzene rings is 1. The standard InChI is InChI=1S/C19H16N4O2S/c24-18-11-23(20-9-12-4-3-7-26-12)19(25)17-8-14-13-5-1-2-6-15(13)21-16(14)10-22(17)18/h1-7,9,17,21H,8,10-11H2/b20-9-/t17-/m1/s1. The van der Waals surface area contributed by atoms with Crippen molar-refractivity contribution in [2.45, 2.75) is 19.0 Å². The summed E-state index contributed by atoms with van der Waals surface area (Å²) in [6.45, 7) is 0.439. The van der Waals surface area contributed by atoms with Crippen LogP contribution in [0, 0.1) is 0 Å². The van der Waals surface area contributed by atoms with Gasteiger partial charge in [0, 0.05) is 27.9 Å². The summed E-state index contributed by atoms with van der Waals surface area (Å²) in [5.41, 5.74) is 3.20. The summed E-state index contributed by atoms with van der Waals surface area (Å²) < 4.78 is 0. The van der Waals surface area contributed by atoms with Gasteiger partial charge in [-0.25, -0.2) is 5.01 Å². The lowest BCUT2D eigenvalue weighted by Crippen LogP contribution is -2.60. The highest BCUT2D eigenvalue weighted by Gasteiger charge is 2.43. The number of nitrogens with zero attached hydrogens (tertiary/aromatic N) is 3. The van der Waals surface area contributed by atoms with E-state index >= 15 is 0 Å². The number of fused-ring (bicyclic) bond motifs is 4. The second kappa shape index (κ2) is 5.81. The number of aromatic amines is 1. The van der Waals surface area contributed by atoms with Gasteiger partial charge in [0.15, 0.2) is 0 Å². The second-order valence-corrected chi connectivity index (χ2v) is 7.50. The molecule has 1 saturated heterocycles. The van der Waals surface area contributed by atoms with Crippen LogP contribution in [0.2, 0.25) is 0 Å². The average molecular weight is 364 g/mol. The first kappa shape index (κ1) is 15.3. The maximum atomic E-state index is 12.9. The van der Waals surface area contributed by atoms with E-state index in [9.17, 15) is 9.59 Å². The molecule has 1 fully saturated rings. The molecule has 6 nitrogen and oxygen atoms in total. The van der Waals surface area contributed by atoms with Gasteiger partial charge in [0.05, 0.1) is 12.8 Å². The Morgan fingerprint density at radius 3 is 2.88 bits per heavy atom. The lowest BCUT2D eigenvalue weighted by Gasteiger charge is -2.40. The van der Waals surface area contributed by atoms with E-state index in [-0.39, 0.29) is 18.4 Å². The van der Waals surface area contributed by atoms with Gasteiger partial charge in [0.2, 0.25) is 5.91 Å². The van der Waals surface area contributed by atoms with E-state index in [4.69, 9.17) is 0 Å². The summed E-state index contributed by atoms with van der Waals surface area (Å²) in [5, 5.41) is 8.65. The van der Waals surface area contributed by atoms with Crippen LogP contribution in [0.4, 0.5) is 0 Å². The van der Waals surface area contributed by atoms with Gasteiger partial charge in [-0.05, 0) is 23.1 Å². The van der Waals surface area contributed by atoms with E-state index in [0.717, 1.165) is 27.0 Å². The third kappa shape index (κ3) is 2.35. The molecular formula is C19H16N4O2S. The van der Waals surface area contributed by atoms with Crippen molar-refractivity contribution in [1.82, 2.24) is 14.9 Å². The van der Waals surface area contributed by atoms with Crippen LogP contribution >= 0.6 is 11.3 Å². The van der Waals surface area contributed by atoms with Crippen LogP contribution in [0.1, 0.15) is 16.1 Å². The third-order valence-electron chi connectivity index (χ3n) is 5.02. The minimum atomic E-state index is -0.483. The van der Waals surface area contributed by atoms with Crippen molar-refractivity contribution in [3.05, 3.63) is 57.9 Å². The lowest BCUT2D eigenvalue weighted by atomic mass is 9.94. The first-order valence-corrected chi connectivity index (χ1v) is 9.35. The minimum Gasteiger partial charge on any atom is -0.357 e. The molecule has 0 aliphatic carbocycles. The highest BCUT2D eigenvalue weighted by Crippen LogP contribution is 2.32. The Balaban J connectivity index is 1.48. The first-order chi connectivity index (χ1) is 12.7. The van der Waals surface area contributed by atoms with Crippen LogP contribution in [0.5, 0.6) is 0 Å². The number of hydrogen-bond donors (Lipinski definition) is 1. The number of H-pyrrole nitrogens is 1. The maximum Gasteiger partial charge on any atom is 0.266 e. The summed E-state index contributed by atoms with van der Waals surface area (Å²) in [6.07, 6.45) is 2.17. The molecule has 2 amide bonds. The number of amides is 2. The van der Waals surface area contributed by atoms with Crippen LogP contribution in [0.15, 0.2) is 46.9 Å². The fraction of sp³-hybridized carbons (Fsp3) is 0.211. The van der Waals surface area contributed by atoms with Crippen LogP contribution in [-0.2, 0) is 22.6 Å². The molecule has 0 unspecified atom stereocenters. The topological polar surface area (TPSA) is 68.8 Å². The van der Waals surface area contributed by atoms with E-state index < -0.39 is 6.04 Å². The highest BCUT2D eigenvalue weighted by molar-refractivity contribution is 7.11. The summed E-state index contributed by atoms with van der Waals surface area (Å²) in [6, 6.07) is 11.4. The molecular weight excluding hydrogens is 348 g/mol. The Morgan fingerprint density at radius 1 is 1.15 bits per heavy atom. The van der Waals surface area contributed by atoms with E-state index in [2.05, 4.69) is 16.2 Å². The monoisotopic (exact) mass is 364 g/mol. The molecule has 2 aliphatic heterocycles. The Bertz CT molecular complexity index is 1040. The van der Waals surface area contributed by atoms with Gasteiger partial charge < -0.3 is 9.88 Å². The molecule has 0 spiro atoms. The molecule has 26 heavy (non-hydrogen) atoms. The molecule has 1 atom stereocenters. The van der Waals surface area contributed by atoms with Crippen LogP contribution < -0.4 is 0 Å². The molecule has 0 radical (unpaired) electrons. The van der Waals surface area contributed by atoms with Gasteiger partial charge in [0.1, 0.15) is 12.6 Å². The summed E-state index contributed by atoms with van der Waals surface area (Å²) in [5.74, 6) is -0.185. The number of carbonyl (C=O) groups excluding carboxylic acids is 2. The molecule has 5 rings (SSSR count). The van der Waals surface area contributed by atoms with Crippen molar-refractivity contribution in [1.29, 1.82) is 0 Å². The average Bonchev–Trinajstić information content (AvgIpc) is 3.29. The Hall–Kier alpha value is -2.93. The van der Waals surface area contributed by atoms with Gasteiger partial charge in [-0.3, -0.25) is 9.59 Å². The zero-order valence-electron chi connectivity index (χ0n) is 13.9. The molecule has 1 aromatic carbocycles. The van der Waals surface area contributed by atoms with E-state index in [1.165, 1.54) is 5.01 Å². The number of aromatic nitrogens is 1. The van der Waals surface area contributed by atoms with E-state index in [1.54, 1.807) is 22.5 Å². The summed E-state index contributed by atoms with van der Waals surface area (Å²) in [7, 11) is 0. The fourth-order valence-corrected chi connectivity index (χ4v) is 4.33. The van der Waals surface area contributed by atoms with Crippen molar-refractivity contribution >= 4 is 40.3 Å². The predicted molar refractivity (Wildman–Crippen MR) is 100.0 cm³/mol. The molecule has 0 saturated carbocycles. The molecule has 2 aliphatic rings. The quantitative estimate of drug-likeness (QED) is 0.709.